The third-order valence-corrected chi connectivity index (χ3v) is 5.75. The second-order valence-electron chi connectivity index (χ2n) is 7.95. The fourth-order valence-electron chi connectivity index (χ4n) is 4.07. The van der Waals surface area contributed by atoms with Gasteiger partial charge in [-0.3, -0.25) is 9.59 Å². The molecule has 2 amide bonds. The van der Waals surface area contributed by atoms with E-state index < -0.39 is 5.91 Å². The van der Waals surface area contributed by atoms with E-state index in [0.717, 1.165) is 35.2 Å². The van der Waals surface area contributed by atoms with Gasteiger partial charge in [0.05, 0.1) is 12.1 Å². The van der Waals surface area contributed by atoms with Crippen LogP contribution in [0.5, 0.6) is 0 Å². The summed E-state index contributed by atoms with van der Waals surface area (Å²) in [7, 11) is 0. The summed E-state index contributed by atoms with van der Waals surface area (Å²) < 4.78 is 13.1. The molecule has 0 bridgehead atoms. The number of halogens is 1. The summed E-state index contributed by atoms with van der Waals surface area (Å²) in [6.45, 7) is 1.18. The van der Waals surface area contributed by atoms with E-state index in [4.69, 9.17) is 11.5 Å². The first-order valence-electron chi connectivity index (χ1n) is 10.5. The van der Waals surface area contributed by atoms with E-state index in [0.29, 0.717) is 18.7 Å². The maximum atomic E-state index is 13.1. The predicted molar refractivity (Wildman–Crippen MR) is 119 cm³/mol. The van der Waals surface area contributed by atoms with Crippen molar-refractivity contribution < 1.29 is 14.0 Å². The largest absolute Gasteiger partial charge is 0.368 e. The lowest BCUT2D eigenvalue weighted by atomic mass is 9.89. The normalized spacial score (nSPS) is 16.0. The van der Waals surface area contributed by atoms with Crippen LogP contribution in [-0.4, -0.2) is 39.8 Å². The molecule has 1 aliphatic heterocycles. The zero-order valence-corrected chi connectivity index (χ0v) is 17.5. The standard InChI is InChI=1S/C24H24FN5O2/c25-19-9-3-15(4-10-19)12-21(31)30-11-1-2-18(14-30)22-20(13-28-24(27)29-22)16-5-7-17(8-6-16)23(26)32/h3-10,13,18H,1-2,11-12,14H2,(H2,26,32)(H2,27,28,29)/t18-/m1/s1. The van der Waals surface area contributed by atoms with Crippen LogP contribution >= 0.6 is 0 Å². The number of piperidine rings is 1. The molecule has 1 aromatic heterocycles. The number of hydrogen-bond acceptors (Lipinski definition) is 5. The fraction of sp³-hybridized carbons (Fsp3) is 0.250. The molecule has 4 N–H and O–H groups in total. The van der Waals surface area contributed by atoms with Crippen molar-refractivity contribution in [1.29, 1.82) is 0 Å². The van der Waals surface area contributed by atoms with Crippen molar-refractivity contribution in [2.45, 2.75) is 25.2 Å². The van der Waals surface area contributed by atoms with E-state index >= 15 is 0 Å². The highest BCUT2D eigenvalue weighted by Crippen LogP contribution is 2.33. The maximum absolute atomic E-state index is 13.1. The molecule has 1 saturated heterocycles. The summed E-state index contributed by atoms with van der Waals surface area (Å²) in [6, 6.07) is 12.9. The lowest BCUT2D eigenvalue weighted by molar-refractivity contribution is -0.131. The molecule has 2 heterocycles. The van der Waals surface area contributed by atoms with Crippen LogP contribution < -0.4 is 11.5 Å². The van der Waals surface area contributed by atoms with Gasteiger partial charge in [0.1, 0.15) is 5.82 Å². The number of carbonyl (C=O) groups excluding carboxylic acids is 2. The van der Waals surface area contributed by atoms with Crippen molar-refractivity contribution in [2.24, 2.45) is 5.73 Å². The minimum Gasteiger partial charge on any atom is -0.368 e. The van der Waals surface area contributed by atoms with Crippen LogP contribution in [0.1, 0.15) is 40.4 Å². The molecule has 0 spiro atoms. The number of carbonyl (C=O) groups is 2. The Bertz CT molecular complexity index is 1130. The number of benzene rings is 2. The second-order valence-corrected chi connectivity index (χ2v) is 7.95. The van der Waals surface area contributed by atoms with Crippen LogP contribution in [-0.2, 0) is 11.2 Å². The zero-order chi connectivity index (χ0) is 22.7. The number of amides is 2. The molecule has 2 aromatic carbocycles. The Hall–Kier alpha value is -3.81. The van der Waals surface area contributed by atoms with Crippen molar-refractivity contribution >= 4 is 17.8 Å². The number of rotatable bonds is 5. The highest BCUT2D eigenvalue weighted by atomic mass is 19.1. The van der Waals surface area contributed by atoms with Crippen LogP contribution in [0.4, 0.5) is 10.3 Å². The van der Waals surface area contributed by atoms with E-state index in [2.05, 4.69) is 9.97 Å². The van der Waals surface area contributed by atoms with Gasteiger partial charge >= 0.3 is 0 Å². The number of nitrogen functional groups attached to an aromatic ring is 1. The smallest absolute Gasteiger partial charge is 0.248 e. The number of anilines is 1. The predicted octanol–water partition coefficient (Wildman–Crippen LogP) is 2.91. The van der Waals surface area contributed by atoms with Gasteiger partial charge in [0.2, 0.25) is 17.8 Å². The second kappa shape index (κ2) is 9.13. The van der Waals surface area contributed by atoms with Gasteiger partial charge in [-0.1, -0.05) is 24.3 Å². The minimum atomic E-state index is -0.493. The molecule has 1 atom stereocenters. The van der Waals surface area contributed by atoms with Crippen LogP contribution in [0.2, 0.25) is 0 Å². The third-order valence-electron chi connectivity index (χ3n) is 5.75. The van der Waals surface area contributed by atoms with E-state index in [9.17, 15) is 14.0 Å². The number of primary amides is 1. The van der Waals surface area contributed by atoms with Gasteiger partial charge in [0, 0.05) is 36.3 Å². The zero-order valence-electron chi connectivity index (χ0n) is 17.5. The average molecular weight is 433 g/mol. The molecule has 1 fully saturated rings. The number of likely N-dealkylation sites (tertiary alicyclic amines) is 1. The van der Waals surface area contributed by atoms with Crippen molar-refractivity contribution in [2.75, 3.05) is 18.8 Å². The Morgan fingerprint density at radius 1 is 1.09 bits per heavy atom. The number of nitrogens with two attached hydrogens (primary N) is 2. The van der Waals surface area contributed by atoms with Gasteiger partial charge < -0.3 is 16.4 Å². The van der Waals surface area contributed by atoms with Crippen molar-refractivity contribution in [1.82, 2.24) is 14.9 Å². The molecule has 1 aliphatic rings. The molecule has 164 valence electrons. The van der Waals surface area contributed by atoms with Crippen LogP contribution in [0.15, 0.2) is 54.7 Å². The van der Waals surface area contributed by atoms with Crippen molar-refractivity contribution in [3.63, 3.8) is 0 Å². The average Bonchev–Trinajstić information content (AvgIpc) is 2.80. The molecule has 0 radical (unpaired) electrons. The SMILES string of the molecule is NC(=O)c1ccc(-c2cnc(N)nc2[C@@H]2CCCN(C(=O)Cc3ccc(F)cc3)C2)cc1. The van der Waals surface area contributed by atoms with E-state index in [1.165, 1.54) is 12.1 Å². The first-order chi connectivity index (χ1) is 15.4. The molecule has 0 unspecified atom stereocenters. The molecule has 32 heavy (non-hydrogen) atoms. The molecule has 4 rings (SSSR count). The first-order valence-corrected chi connectivity index (χ1v) is 10.5. The Balaban J connectivity index is 1.56. The Morgan fingerprint density at radius 2 is 1.81 bits per heavy atom. The summed E-state index contributed by atoms with van der Waals surface area (Å²) in [5, 5.41) is 0. The first kappa shape index (κ1) is 21.4. The van der Waals surface area contributed by atoms with Crippen molar-refractivity contribution in [3.05, 3.63) is 77.4 Å². The van der Waals surface area contributed by atoms with Gasteiger partial charge in [-0.15, -0.1) is 0 Å². The molecular weight excluding hydrogens is 409 g/mol. The minimum absolute atomic E-state index is 0.00275. The van der Waals surface area contributed by atoms with Gasteiger partial charge in [0.25, 0.3) is 0 Å². The summed E-state index contributed by atoms with van der Waals surface area (Å²) in [4.78, 5) is 34.8. The summed E-state index contributed by atoms with van der Waals surface area (Å²) >= 11 is 0. The molecule has 8 heteroatoms. The Labute approximate surface area is 185 Å². The Kier molecular flexibility index (Phi) is 6.11. The summed E-state index contributed by atoms with van der Waals surface area (Å²) in [5.41, 5.74) is 14.9. The molecular formula is C24H24FN5O2. The van der Waals surface area contributed by atoms with Crippen LogP contribution in [0, 0.1) is 5.82 Å². The number of hydrogen-bond donors (Lipinski definition) is 2. The molecule has 7 nitrogen and oxygen atoms in total. The van der Waals surface area contributed by atoms with E-state index in [1.54, 1.807) is 42.6 Å². The molecule has 0 aliphatic carbocycles. The molecule has 3 aromatic rings. The summed E-state index contributed by atoms with van der Waals surface area (Å²) in [5.74, 6) is -0.648. The Morgan fingerprint density at radius 3 is 2.50 bits per heavy atom. The lowest BCUT2D eigenvalue weighted by Crippen LogP contribution is -2.40. The monoisotopic (exact) mass is 433 g/mol. The summed E-state index contributed by atoms with van der Waals surface area (Å²) in [6.07, 6.45) is 3.60. The highest BCUT2D eigenvalue weighted by molar-refractivity contribution is 5.93. The fourth-order valence-corrected chi connectivity index (χ4v) is 4.07. The van der Waals surface area contributed by atoms with Gasteiger partial charge in [-0.25, -0.2) is 14.4 Å². The topological polar surface area (TPSA) is 115 Å². The number of aromatic nitrogens is 2. The maximum Gasteiger partial charge on any atom is 0.248 e. The van der Waals surface area contributed by atoms with E-state index in [-0.39, 0.29) is 30.0 Å². The van der Waals surface area contributed by atoms with Gasteiger partial charge in [0.15, 0.2) is 0 Å². The van der Waals surface area contributed by atoms with Gasteiger partial charge in [-0.2, -0.15) is 0 Å². The van der Waals surface area contributed by atoms with Crippen LogP contribution in [0.3, 0.4) is 0 Å². The molecule has 0 saturated carbocycles. The van der Waals surface area contributed by atoms with Crippen molar-refractivity contribution in [3.8, 4) is 11.1 Å². The van der Waals surface area contributed by atoms with E-state index in [1.807, 2.05) is 4.90 Å². The van der Waals surface area contributed by atoms with Crippen LogP contribution in [0.25, 0.3) is 11.1 Å². The number of nitrogens with zero attached hydrogens (tertiary/aromatic N) is 3. The van der Waals surface area contributed by atoms with Gasteiger partial charge in [-0.05, 0) is 48.2 Å². The third kappa shape index (κ3) is 4.74. The highest BCUT2D eigenvalue weighted by Gasteiger charge is 2.28. The quantitative estimate of drug-likeness (QED) is 0.642. The lowest BCUT2D eigenvalue weighted by Gasteiger charge is -2.33.